The van der Waals surface area contributed by atoms with E-state index in [9.17, 15) is 9.90 Å². The SMILES string of the molecule is O=C(CC1CCCCO1)N1CCCC1C1CCCC1O. The van der Waals surface area contributed by atoms with Crippen molar-refractivity contribution in [2.24, 2.45) is 5.92 Å². The molecule has 20 heavy (non-hydrogen) atoms. The van der Waals surface area contributed by atoms with Crippen molar-refractivity contribution >= 4 is 5.91 Å². The quantitative estimate of drug-likeness (QED) is 0.862. The van der Waals surface area contributed by atoms with Gasteiger partial charge < -0.3 is 14.7 Å². The van der Waals surface area contributed by atoms with E-state index in [4.69, 9.17) is 4.74 Å². The first-order valence-corrected chi connectivity index (χ1v) is 8.35. The molecule has 114 valence electrons. The van der Waals surface area contributed by atoms with Crippen LogP contribution >= 0.6 is 0 Å². The smallest absolute Gasteiger partial charge is 0.225 e. The van der Waals surface area contributed by atoms with Crippen LogP contribution in [0.1, 0.15) is 57.8 Å². The maximum atomic E-state index is 12.6. The van der Waals surface area contributed by atoms with Crippen LogP contribution in [-0.4, -0.2) is 47.3 Å². The van der Waals surface area contributed by atoms with Crippen molar-refractivity contribution < 1.29 is 14.6 Å². The Bertz CT molecular complexity index is 341. The van der Waals surface area contributed by atoms with E-state index in [0.717, 1.165) is 58.1 Å². The lowest BCUT2D eigenvalue weighted by Crippen LogP contribution is -2.43. The second-order valence-corrected chi connectivity index (χ2v) is 6.65. The summed E-state index contributed by atoms with van der Waals surface area (Å²) in [5, 5.41) is 10.1. The number of rotatable bonds is 3. The lowest BCUT2D eigenvalue weighted by atomic mass is 9.93. The van der Waals surface area contributed by atoms with Gasteiger partial charge in [0.2, 0.25) is 5.91 Å². The number of amides is 1. The molecule has 2 saturated heterocycles. The molecule has 2 aliphatic heterocycles. The molecular weight excluding hydrogens is 254 g/mol. The Balaban J connectivity index is 1.58. The molecule has 3 aliphatic rings. The maximum Gasteiger partial charge on any atom is 0.225 e. The molecule has 0 aromatic heterocycles. The zero-order valence-electron chi connectivity index (χ0n) is 12.3. The fourth-order valence-corrected chi connectivity index (χ4v) is 4.25. The maximum absolute atomic E-state index is 12.6. The van der Waals surface area contributed by atoms with E-state index in [0.29, 0.717) is 12.3 Å². The summed E-state index contributed by atoms with van der Waals surface area (Å²) in [7, 11) is 0. The molecule has 4 unspecified atom stereocenters. The van der Waals surface area contributed by atoms with E-state index in [2.05, 4.69) is 4.90 Å². The zero-order chi connectivity index (χ0) is 13.9. The van der Waals surface area contributed by atoms with E-state index < -0.39 is 0 Å². The zero-order valence-corrected chi connectivity index (χ0v) is 12.3. The van der Waals surface area contributed by atoms with Gasteiger partial charge in [-0.05, 0) is 44.9 Å². The van der Waals surface area contributed by atoms with Crippen LogP contribution in [0.25, 0.3) is 0 Å². The lowest BCUT2D eigenvalue weighted by Gasteiger charge is -2.32. The molecule has 0 spiro atoms. The van der Waals surface area contributed by atoms with Crippen LogP contribution < -0.4 is 0 Å². The van der Waals surface area contributed by atoms with Gasteiger partial charge in [0, 0.05) is 25.1 Å². The highest BCUT2D eigenvalue weighted by molar-refractivity contribution is 5.77. The van der Waals surface area contributed by atoms with Crippen LogP contribution in [0.3, 0.4) is 0 Å². The number of hydrogen-bond acceptors (Lipinski definition) is 3. The molecule has 3 rings (SSSR count). The number of carbonyl (C=O) groups is 1. The second-order valence-electron chi connectivity index (χ2n) is 6.65. The molecule has 1 saturated carbocycles. The number of likely N-dealkylation sites (tertiary alicyclic amines) is 1. The van der Waals surface area contributed by atoms with Crippen molar-refractivity contribution in [3.05, 3.63) is 0 Å². The van der Waals surface area contributed by atoms with E-state index in [-0.39, 0.29) is 24.2 Å². The van der Waals surface area contributed by atoms with E-state index in [1.54, 1.807) is 0 Å². The van der Waals surface area contributed by atoms with Crippen LogP contribution in [0.2, 0.25) is 0 Å². The second kappa shape index (κ2) is 6.44. The first kappa shape index (κ1) is 14.3. The minimum Gasteiger partial charge on any atom is -0.393 e. The molecule has 1 N–H and O–H groups in total. The number of ether oxygens (including phenoxy) is 1. The van der Waals surface area contributed by atoms with E-state index in [1.807, 2.05) is 0 Å². The molecule has 3 fully saturated rings. The van der Waals surface area contributed by atoms with E-state index in [1.165, 1.54) is 6.42 Å². The van der Waals surface area contributed by atoms with Crippen molar-refractivity contribution in [1.82, 2.24) is 4.90 Å². The predicted octanol–water partition coefficient (Wildman–Crippen LogP) is 2.10. The van der Waals surface area contributed by atoms with Gasteiger partial charge in [0.05, 0.1) is 18.6 Å². The third-order valence-electron chi connectivity index (χ3n) is 5.32. The van der Waals surface area contributed by atoms with Gasteiger partial charge in [-0.15, -0.1) is 0 Å². The summed E-state index contributed by atoms with van der Waals surface area (Å²) < 4.78 is 5.69. The molecular formula is C16H27NO3. The first-order chi connectivity index (χ1) is 9.75. The molecule has 0 bridgehead atoms. The Kier molecular flexibility index (Phi) is 4.61. The lowest BCUT2D eigenvalue weighted by molar-refractivity contribution is -0.137. The average Bonchev–Trinajstić information content (AvgIpc) is 3.07. The average molecular weight is 281 g/mol. The molecule has 4 heteroatoms. The number of nitrogens with zero attached hydrogens (tertiary/aromatic N) is 1. The van der Waals surface area contributed by atoms with Crippen molar-refractivity contribution in [2.45, 2.75) is 76.0 Å². The predicted molar refractivity (Wildman–Crippen MR) is 76.3 cm³/mol. The summed E-state index contributed by atoms with van der Waals surface area (Å²) in [6.07, 6.45) is 9.07. The first-order valence-electron chi connectivity index (χ1n) is 8.35. The largest absolute Gasteiger partial charge is 0.393 e. The molecule has 4 nitrogen and oxygen atoms in total. The normalized spacial score (nSPS) is 38.4. The minimum atomic E-state index is -0.195. The highest BCUT2D eigenvalue weighted by Crippen LogP contribution is 2.36. The van der Waals surface area contributed by atoms with Gasteiger partial charge in [-0.3, -0.25) is 4.79 Å². The fourth-order valence-electron chi connectivity index (χ4n) is 4.25. The summed E-state index contributed by atoms with van der Waals surface area (Å²) in [5.74, 6) is 0.562. The van der Waals surface area contributed by atoms with Crippen LogP contribution in [0, 0.1) is 5.92 Å². The monoisotopic (exact) mass is 281 g/mol. The Morgan fingerprint density at radius 3 is 2.70 bits per heavy atom. The Morgan fingerprint density at radius 1 is 1.10 bits per heavy atom. The van der Waals surface area contributed by atoms with Crippen molar-refractivity contribution in [3.63, 3.8) is 0 Å². The van der Waals surface area contributed by atoms with Crippen LogP contribution in [-0.2, 0) is 9.53 Å². The van der Waals surface area contributed by atoms with Crippen molar-refractivity contribution in [1.29, 1.82) is 0 Å². The van der Waals surface area contributed by atoms with Crippen LogP contribution in [0.4, 0.5) is 0 Å². The number of carbonyl (C=O) groups excluding carboxylic acids is 1. The van der Waals surface area contributed by atoms with Gasteiger partial charge in [0.1, 0.15) is 0 Å². The molecule has 4 atom stereocenters. The van der Waals surface area contributed by atoms with Gasteiger partial charge in [-0.1, -0.05) is 6.42 Å². The Hall–Kier alpha value is -0.610. The Labute approximate surface area is 121 Å². The standard InChI is InChI=1S/C16H27NO3/c18-15-8-3-6-13(15)14-7-4-9-17(14)16(19)11-12-5-1-2-10-20-12/h12-15,18H,1-11H2. The fraction of sp³-hybridized carbons (Fsp3) is 0.938. The topological polar surface area (TPSA) is 49.8 Å². The van der Waals surface area contributed by atoms with Crippen molar-refractivity contribution in [2.75, 3.05) is 13.2 Å². The van der Waals surface area contributed by atoms with Crippen LogP contribution in [0.15, 0.2) is 0 Å². The van der Waals surface area contributed by atoms with Gasteiger partial charge >= 0.3 is 0 Å². The third-order valence-corrected chi connectivity index (χ3v) is 5.32. The summed E-state index contributed by atoms with van der Waals surface area (Å²) in [4.78, 5) is 14.6. The summed E-state index contributed by atoms with van der Waals surface area (Å²) >= 11 is 0. The molecule has 1 amide bonds. The van der Waals surface area contributed by atoms with E-state index >= 15 is 0 Å². The van der Waals surface area contributed by atoms with Gasteiger partial charge in [0.25, 0.3) is 0 Å². The summed E-state index contributed by atoms with van der Waals surface area (Å²) in [6, 6.07) is 0.281. The highest BCUT2D eigenvalue weighted by Gasteiger charge is 2.40. The molecule has 0 aromatic carbocycles. The third kappa shape index (κ3) is 3.01. The summed E-state index contributed by atoms with van der Waals surface area (Å²) in [5.41, 5.74) is 0. The highest BCUT2D eigenvalue weighted by atomic mass is 16.5. The molecule has 0 radical (unpaired) electrons. The minimum absolute atomic E-state index is 0.131. The number of aliphatic hydroxyl groups excluding tert-OH is 1. The van der Waals surface area contributed by atoms with Crippen LogP contribution in [0.5, 0.6) is 0 Å². The summed E-state index contributed by atoms with van der Waals surface area (Å²) in [6.45, 7) is 1.68. The number of aliphatic hydroxyl groups is 1. The van der Waals surface area contributed by atoms with Gasteiger partial charge in [-0.25, -0.2) is 0 Å². The van der Waals surface area contributed by atoms with Gasteiger partial charge in [-0.2, -0.15) is 0 Å². The van der Waals surface area contributed by atoms with Crippen molar-refractivity contribution in [3.8, 4) is 0 Å². The molecule has 0 aromatic rings. The van der Waals surface area contributed by atoms with Gasteiger partial charge in [0.15, 0.2) is 0 Å². The Morgan fingerprint density at radius 2 is 2.00 bits per heavy atom. The molecule has 2 heterocycles. The molecule has 1 aliphatic carbocycles. The number of hydrogen-bond donors (Lipinski definition) is 1.